The number of benzene rings is 2. The molecule has 1 aromatic heterocycles. The predicted molar refractivity (Wildman–Crippen MR) is 119 cm³/mol. The van der Waals surface area contributed by atoms with Crippen LogP contribution in [-0.2, 0) is 17.8 Å². The Balaban J connectivity index is 1.96. The van der Waals surface area contributed by atoms with Gasteiger partial charge in [0.1, 0.15) is 18.2 Å². The van der Waals surface area contributed by atoms with Gasteiger partial charge in [0.2, 0.25) is 5.91 Å². The van der Waals surface area contributed by atoms with Gasteiger partial charge in [0, 0.05) is 35.5 Å². The van der Waals surface area contributed by atoms with Crippen LogP contribution < -0.4 is 10.9 Å². The zero-order chi connectivity index (χ0) is 22.5. The molecule has 0 aliphatic carbocycles. The molecule has 162 valence electrons. The number of nitrogens with one attached hydrogen (secondary N) is 1. The van der Waals surface area contributed by atoms with Crippen LogP contribution in [0.15, 0.2) is 53.3 Å². The average Bonchev–Trinajstić information content (AvgIpc) is 2.73. The number of hydrogen-bond donors (Lipinski definition) is 2. The maximum absolute atomic E-state index is 13.8. The molecular formula is C24H26FN3O3. The minimum absolute atomic E-state index is 0.124. The Morgan fingerprint density at radius 2 is 1.90 bits per heavy atom. The van der Waals surface area contributed by atoms with Crippen LogP contribution in [0, 0.1) is 12.7 Å². The van der Waals surface area contributed by atoms with Crippen LogP contribution in [-0.4, -0.2) is 27.2 Å². The highest BCUT2D eigenvalue weighted by atomic mass is 19.1. The van der Waals surface area contributed by atoms with Crippen LogP contribution in [0.25, 0.3) is 11.4 Å². The van der Waals surface area contributed by atoms with Crippen molar-refractivity contribution in [3.63, 3.8) is 0 Å². The zero-order valence-electron chi connectivity index (χ0n) is 17.9. The van der Waals surface area contributed by atoms with E-state index >= 15 is 0 Å². The summed E-state index contributed by atoms with van der Waals surface area (Å²) in [5.41, 5.74) is 2.51. The van der Waals surface area contributed by atoms with Gasteiger partial charge in [-0.1, -0.05) is 38.1 Å². The number of aryl methyl sites for hydroxylation is 1. The molecule has 7 heteroatoms. The summed E-state index contributed by atoms with van der Waals surface area (Å²) < 4.78 is 15.0. The number of hydrogen-bond acceptors (Lipinski definition) is 4. The quantitative estimate of drug-likeness (QED) is 0.608. The van der Waals surface area contributed by atoms with E-state index < -0.39 is 17.3 Å². The van der Waals surface area contributed by atoms with Crippen LogP contribution in [0.5, 0.6) is 0 Å². The van der Waals surface area contributed by atoms with Crippen molar-refractivity contribution >= 4 is 11.6 Å². The second kappa shape index (κ2) is 9.66. The second-order valence-electron chi connectivity index (χ2n) is 7.70. The lowest BCUT2D eigenvalue weighted by molar-refractivity contribution is -0.116. The van der Waals surface area contributed by atoms with Crippen molar-refractivity contribution in [2.45, 2.75) is 39.7 Å². The summed E-state index contributed by atoms with van der Waals surface area (Å²) in [6.45, 7) is 5.33. The van der Waals surface area contributed by atoms with Crippen molar-refractivity contribution in [1.82, 2.24) is 9.55 Å². The summed E-state index contributed by atoms with van der Waals surface area (Å²) in [5, 5.41) is 12.1. The number of carbonyl (C=O) groups excluding carboxylic acids is 1. The van der Waals surface area contributed by atoms with Gasteiger partial charge in [0.05, 0.1) is 0 Å². The molecule has 0 fully saturated rings. The highest BCUT2D eigenvalue weighted by Crippen LogP contribution is 2.20. The van der Waals surface area contributed by atoms with E-state index in [1.54, 1.807) is 13.0 Å². The van der Waals surface area contributed by atoms with Gasteiger partial charge < -0.3 is 10.4 Å². The maximum atomic E-state index is 13.8. The minimum Gasteiger partial charge on any atom is -0.396 e. The average molecular weight is 423 g/mol. The topological polar surface area (TPSA) is 84.2 Å². The van der Waals surface area contributed by atoms with Crippen LogP contribution in [0.2, 0.25) is 0 Å². The number of halogens is 1. The lowest BCUT2D eigenvalue weighted by Gasteiger charge is -2.16. The van der Waals surface area contributed by atoms with Gasteiger partial charge >= 0.3 is 0 Å². The molecule has 3 aromatic rings. The molecule has 0 aliphatic rings. The lowest BCUT2D eigenvalue weighted by Crippen LogP contribution is -2.33. The Bertz CT molecular complexity index is 1140. The predicted octanol–water partition coefficient (Wildman–Crippen LogP) is 3.65. The van der Waals surface area contributed by atoms with Gasteiger partial charge in [-0.2, -0.15) is 0 Å². The molecule has 2 aromatic carbocycles. The molecule has 0 unspecified atom stereocenters. The Morgan fingerprint density at radius 1 is 1.19 bits per heavy atom. The van der Waals surface area contributed by atoms with E-state index in [0.717, 1.165) is 5.56 Å². The van der Waals surface area contributed by atoms with E-state index in [9.17, 15) is 19.1 Å². The Morgan fingerprint density at radius 3 is 2.52 bits per heavy atom. The number of aromatic nitrogens is 2. The highest BCUT2D eigenvalue weighted by Gasteiger charge is 2.18. The van der Waals surface area contributed by atoms with Crippen molar-refractivity contribution < 1.29 is 14.3 Å². The largest absolute Gasteiger partial charge is 0.396 e. The van der Waals surface area contributed by atoms with E-state index in [1.165, 1.54) is 22.8 Å². The number of rotatable bonds is 7. The van der Waals surface area contributed by atoms with Gasteiger partial charge in [0.15, 0.2) is 0 Å². The maximum Gasteiger partial charge on any atom is 0.257 e. The molecule has 31 heavy (non-hydrogen) atoms. The van der Waals surface area contributed by atoms with Gasteiger partial charge in [-0.25, -0.2) is 9.37 Å². The molecule has 0 spiro atoms. The summed E-state index contributed by atoms with van der Waals surface area (Å²) in [6.07, 6.45) is 0.124. The molecule has 0 radical (unpaired) electrons. The molecule has 0 atom stereocenters. The van der Waals surface area contributed by atoms with E-state index in [0.29, 0.717) is 28.4 Å². The molecule has 6 nitrogen and oxygen atoms in total. The first-order valence-corrected chi connectivity index (χ1v) is 10.2. The van der Waals surface area contributed by atoms with Gasteiger partial charge in [0.25, 0.3) is 5.56 Å². The van der Waals surface area contributed by atoms with Gasteiger partial charge in [-0.3, -0.25) is 14.2 Å². The number of aliphatic hydroxyl groups is 1. The fraction of sp³-hybridized carbons (Fsp3) is 0.292. The number of aliphatic hydroxyl groups excluding tert-OH is 1. The fourth-order valence-electron chi connectivity index (χ4n) is 3.39. The number of nitrogens with zero attached hydrogens (tertiary/aromatic N) is 2. The van der Waals surface area contributed by atoms with Gasteiger partial charge in [-0.15, -0.1) is 0 Å². The first-order chi connectivity index (χ1) is 14.8. The standard InChI is InChI=1S/C24H26FN3O3/c1-15(2)17-7-9-20(10-8-17)27-22(30)14-28-23(18-5-4-6-19(25)13-18)26-16(3)21(11-12-29)24(28)31/h4-10,13,15,29H,11-12,14H2,1-3H3,(H,27,30). The molecule has 1 amide bonds. The normalized spacial score (nSPS) is 11.0. The van der Waals surface area contributed by atoms with E-state index in [1.807, 2.05) is 24.3 Å². The van der Waals surface area contributed by atoms with Crippen molar-refractivity contribution in [2.75, 3.05) is 11.9 Å². The molecule has 0 aliphatic heterocycles. The third-order valence-electron chi connectivity index (χ3n) is 5.08. The number of amides is 1. The van der Waals surface area contributed by atoms with Crippen molar-refractivity contribution in [3.05, 3.63) is 81.5 Å². The SMILES string of the molecule is Cc1nc(-c2cccc(F)c2)n(CC(=O)Nc2ccc(C(C)C)cc2)c(=O)c1CCO. The van der Waals surface area contributed by atoms with Crippen LogP contribution in [0.4, 0.5) is 10.1 Å². The van der Waals surface area contributed by atoms with E-state index in [-0.39, 0.29) is 25.4 Å². The second-order valence-corrected chi connectivity index (χ2v) is 7.70. The summed E-state index contributed by atoms with van der Waals surface area (Å²) in [7, 11) is 0. The third-order valence-corrected chi connectivity index (χ3v) is 5.08. The third kappa shape index (κ3) is 5.24. The summed E-state index contributed by atoms with van der Waals surface area (Å²) in [4.78, 5) is 30.3. The minimum atomic E-state index is -0.468. The van der Waals surface area contributed by atoms with Crippen molar-refractivity contribution in [3.8, 4) is 11.4 Å². The highest BCUT2D eigenvalue weighted by molar-refractivity contribution is 5.90. The van der Waals surface area contributed by atoms with Crippen molar-refractivity contribution in [1.29, 1.82) is 0 Å². The smallest absolute Gasteiger partial charge is 0.257 e. The van der Waals surface area contributed by atoms with Crippen LogP contribution in [0.1, 0.15) is 36.6 Å². The van der Waals surface area contributed by atoms with E-state index in [2.05, 4.69) is 24.1 Å². The molecular weight excluding hydrogens is 397 g/mol. The summed E-state index contributed by atoms with van der Waals surface area (Å²) >= 11 is 0. The lowest BCUT2D eigenvalue weighted by atomic mass is 10.0. The molecule has 0 bridgehead atoms. The van der Waals surface area contributed by atoms with Crippen molar-refractivity contribution in [2.24, 2.45) is 0 Å². The molecule has 0 saturated carbocycles. The molecule has 0 saturated heterocycles. The molecule has 3 rings (SSSR count). The summed E-state index contributed by atoms with van der Waals surface area (Å²) in [6, 6.07) is 13.2. The zero-order valence-corrected chi connectivity index (χ0v) is 17.9. The Kier molecular flexibility index (Phi) is 6.97. The van der Waals surface area contributed by atoms with Crippen LogP contribution in [0.3, 0.4) is 0 Å². The fourth-order valence-corrected chi connectivity index (χ4v) is 3.39. The van der Waals surface area contributed by atoms with E-state index in [4.69, 9.17) is 0 Å². The Labute approximate surface area is 180 Å². The summed E-state index contributed by atoms with van der Waals surface area (Å²) in [5.74, 6) is -0.294. The molecule has 2 N–H and O–H groups in total. The first-order valence-electron chi connectivity index (χ1n) is 10.2. The monoisotopic (exact) mass is 423 g/mol. The number of anilines is 1. The van der Waals surface area contributed by atoms with Gasteiger partial charge in [-0.05, 0) is 42.7 Å². The first kappa shape index (κ1) is 22.4. The van der Waals surface area contributed by atoms with Crippen LogP contribution >= 0.6 is 0 Å². The number of carbonyl (C=O) groups is 1. The molecule has 1 heterocycles. The Hall–Kier alpha value is -3.32.